The second-order valence-electron chi connectivity index (χ2n) is 5.05. The van der Waals surface area contributed by atoms with E-state index in [1.54, 1.807) is 13.8 Å². The quantitative estimate of drug-likeness (QED) is 0.466. The van der Waals surface area contributed by atoms with Crippen molar-refractivity contribution in [2.75, 3.05) is 13.2 Å². The molecule has 6 nitrogen and oxygen atoms in total. The molecule has 104 valence electrons. The van der Waals surface area contributed by atoms with E-state index >= 15 is 0 Å². The molecule has 1 saturated carbocycles. The van der Waals surface area contributed by atoms with Gasteiger partial charge in [-0.05, 0) is 26.7 Å². The highest BCUT2D eigenvalue weighted by molar-refractivity contribution is 6.06. The topological polar surface area (TPSA) is 98.7 Å². The Morgan fingerprint density at radius 3 is 1.67 bits per heavy atom. The molecule has 1 aliphatic carbocycles. The van der Waals surface area contributed by atoms with Crippen LogP contribution in [0.15, 0.2) is 0 Å². The number of hydrogen-bond donors (Lipinski definition) is 4. The van der Waals surface area contributed by atoms with Crippen LogP contribution in [0.3, 0.4) is 0 Å². The molecule has 0 aromatic heterocycles. The first-order valence-corrected chi connectivity index (χ1v) is 6.30. The molecular formula is C12H22N2O4. The molecular weight excluding hydrogens is 236 g/mol. The number of carbonyl (C=O) groups is 2. The Morgan fingerprint density at radius 1 is 1.06 bits per heavy atom. The minimum absolute atomic E-state index is 0.156. The van der Waals surface area contributed by atoms with Crippen LogP contribution in [0.1, 0.15) is 33.1 Å². The number of carbonyl (C=O) groups excluding carboxylic acids is 2. The van der Waals surface area contributed by atoms with E-state index in [-0.39, 0.29) is 37.1 Å². The summed E-state index contributed by atoms with van der Waals surface area (Å²) in [5, 5.41) is 23.1. The van der Waals surface area contributed by atoms with Crippen molar-refractivity contribution in [3.63, 3.8) is 0 Å². The molecule has 18 heavy (non-hydrogen) atoms. The zero-order chi connectivity index (χ0) is 13.8. The fourth-order valence-electron chi connectivity index (χ4n) is 1.90. The molecule has 0 heterocycles. The summed E-state index contributed by atoms with van der Waals surface area (Å²) < 4.78 is 0. The largest absolute Gasteiger partial charge is 0.394 e. The first kappa shape index (κ1) is 14.9. The Kier molecular flexibility index (Phi) is 5.10. The van der Waals surface area contributed by atoms with Crippen molar-refractivity contribution in [2.45, 2.75) is 45.2 Å². The predicted octanol–water partition coefficient (Wildman–Crippen LogP) is -0.849. The van der Waals surface area contributed by atoms with Crippen LogP contribution >= 0.6 is 0 Å². The molecule has 1 aliphatic rings. The molecule has 0 aromatic rings. The van der Waals surface area contributed by atoms with Gasteiger partial charge in [-0.1, -0.05) is 6.42 Å². The van der Waals surface area contributed by atoms with Crippen molar-refractivity contribution in [1.82, 2.24) is 10.6 Å². The Bertz CT molecular complexity index is 289. The minimum atomic E-state index is -1.02. The molecule has 1 rings (SSSR count). The van der Waals surface area contributed by atoms with E-state index in [2.05, 4.69) is 10.6 Å². The van der Waals surface area contributed by atoms with Crippen LogP contribution in [0, 0.1) is 5.41 Å². The van der Waals surface area contributed by atoms with Crippen LogP contribution in [0.2, 0.25) is 0 Å². The van der Waals surface area contributed by atoms with Crippen molar-refractivity contribution in [1.29, 1.82) is 0 Å². The molecule has 0 saturated heterocycles. The molecule has 0 aliphatic heterocycles. The summed E-state index contributed by atoms with van der Waals surface area (Å²) >= 11 is 0. The number of rotatable bonds is 6. The lowest BCUT2D eigenvalue weighted by Gasteiger charge is -2.39. The third kappa shape index (κ3) is 3.00. The SMILES string of the molecule is C[C@H](CO)NC(=O)C1(C(=O)N[C@H](C)CO)CCC1. The zero-order valence-corrected chi connectivity index (χ0v) is 10.9. The van der Waals surface area contributed by atoms with Crippen molar-refractivity contribution < 1.29 is 19.8 Å². The van der Waals surface area contributed by atoms with E-state index in [1.165, 1.54) is 0 Å². The lowest BCUT2D eigenvalue weighted by Crippen LogP contribution is -2.58. The van der Waals surface area contributed by atoms with Crippen molar-refractivity contribution in [3.8, 4) is 0 Å². The van der Waals surface area contributed by atoms with Crippen LogP contribution < -0.4 is 10.6 Å². The maximum Gasteiger partial charge on any atom is 0.235 e. The third-order valence-corrected chi connectivity index (χ3v) is 3.38. The molecule has 6 heteroatoms. The van der Waals surface area contributed by atoms with Gasteiger partial charge in [0.15, 0.2) is 0 Å². The fourth-order valence-corrected chi connectivity index (χ4v) is 1.90. The van der Waals surface area contributed by atoms with Gasteiger partial charge in [-0.25, -0.2) is 0 Å². The molecule has 2 amide bonds. The van der Waals surface area contributed by atoms with E-state index in [1.807, 2.05) is 0 Å². The van der Waals surface area contributed by atoms with Gasteiger partial charge in [-0.3, -0.25) is 9.59 Å². The van der Waals surface area contributed by atoms with Crippen molar-refractivity contribution in [3.05, 3.63) is 0 Å². The minimum Gasteiger partial charge on any atom is -0.394 e. The first-order valence-electron chi connectivity index (χ1n) is 6.30. The van der Waals surface area contributed by atoms with Crippen LogP contribution in [0.5, 0.6) is 0 Å². The van der Waals surface area contributed by atoms with Gasteiger partial charge in [0.1, 0.15) is 5.41 Å². The standard InChI is InChI=1S/C12H22N2O4/c1-8(6-15)13-10(17)12(4-3-5-12)11(18)14-9(2)7-16/h8-9,15-16H,3-7H2,1-2H3,(H,13,17)(H,14,18)/t8-,9-/m1/s1. The number of hydrogen-bond acceptors (Lipinski definition) is 4. The van der Waals surface area contributed by atoms with Gasteiger partial charge in [-0.15, -0.1) is 0 Å². The highest BCUT2D eigenvalue weighted by Gasteiger charge is 2.51. The number of aliphatic hydroxyl groups is 2. The van der Waals surface area contributed by atoms with E-state index in [9.17, 15) is 9.59 Å². The highest BCUT2D eigenvalue weighted by Crippen LogP contribution is 2.41. The van der Waals surface area contributed by atoms with Gasteiger partial charge in [-0.2, -0.15) is 0 Å². The Balaban J connectivity index is 2.67. The average molecular weight is 258 g/mol. The number of aliphatic hydroxyl groups excluding tert-OH is 2. The summed E-state index contributed by atoms with van der Waals surface area (Å²) in [6.07, 6.45) is 1.86. The molecule has 0 bridgehead atoms. The maximum absolute atomic E-state index is 12.1. The zero-order valence-electron chi connectivity index (χ0n) is 10.9. The summed E-state index contributed by atoms with van der Waals surface area (Å²) in [5.41, 5.74) is -1.02. The fraction of sp³-hybridized carbons (Fsp3) is 0.833. The average Bonchev–Trinajstić information content (AvgIpc) is 2.26. The van der Waals surface area contributed by atoms with Gasteiger partial charge in [0.05, 0.1) is 13.2 Å². The van der Waals surface area contributed by atoms with Gasteiger partial charge in [0, 0.05) is 12.1 Å². The molecule has 1 fully saturated rings. The van der Waals surface area contributed by atoms with Crippen molar-refractivity contribution in [2.24, 2.45) is 5.41 Å². The van der Waals surface area contributed by atoms with Crippen LogP contribution in [0.25, 0.3) is 0 Å². The van der Waals surface area contributed by atoms with E-state index in [0.717, 1.165) is 6.42 Å². The molecule has 2 atom stereocenters. The monoisotopic (exact) mass is 258 g/mol. The summed E-state index contributed by atoms with van der Waals surface area (Å²) in [7, 11) is 0. The van der Waals surface area contributed by atoms with Crippen LogP contribution in [-0.2, 0) is 9.59 Å². The first-order chi connectivity index (χ1) is 8.46. The van der Waals surface area contributed by atoms with Crippen LogP contribution in [0.4, 0.5) is 0 Å². The van der Waals surface area contributed by atoms with E-state index < -0.39 is 5.41 Å². The molecule has 0 aromatic carbocycles. The maximum atomic E-state index is 12.1. The second-order valence-corrected chi connectivity index (χ2v) is 5.05. The lowest BCUT2D eigenvalue weighted by atomic mass is 9.67. The Labute approximate surface area is 107 Å². The smallest absolute Gasteiger partial charge is 0.235 e. The van der Waals surface area contributed by atoms with E-state index in [4.69, 9.17) is 10.2 Å². The normalized spacial score (nSPS) is 20.4. The summed E-state index contributed by atoms with van der Waals surface area (Å²) in [6.45, 7) is 3.05. The van der Waals surface area contributed by atoms with Gasteiger partial charge in [0.25, 0.3) is 0 Å². The van der Waals surface area contributed by atoms with Crippen molar-refractivity contribution >= 4 is 11.8 Å². The molecule has 0 radical (unpaired) electrons. The summed E-state index contributed by atoms with van der Waals surface area (Å²) in [6, 6.07) is -0.726. The third-order valence-electron chi connectivity index (χ3n) is 3.38. The summed E-state index contributed by atoms with van der Waals surface area (Å²) in [5.74, 6) is -0.670. The lowest BCUT2D eigenvalue weighted by molar-refractivity contribution is -0.150. The van der Waals surface area contributed by atoms with E-state index in [0.29, 0.717) is 12.8 Å². The van der Waals surface area contributed by atoms with Crippen LogP contribution in [-0.4, -0.2) is 47.3 Å². The Morgan fingerprint density at radius 2 is 1.44 bits per heavy atom. The second kappa shape index (κ2) is 6.15. The summed E-state index contributed by atoms with van der Waals surface area (Å²) in [4.78, 5) is 24.2. The predicted molar refractivity (Wildman–Crippen MR) is 65.7 cm³/mol. The van der Waals surface area contributed by atoms with Gasteiger partial charge >= 0.3 is 0 Å². The van der Waals surface area contributed by atoms with Gasteiger partial charge in [0.2, 0.25) is 11.8 Å². The molecule has 0 spiro atoms. The molecule has 0 unspecified atom stereocenters. The van der Waals surface area contributed by atoms with Gasteiger partial charge < -0.3 is 20.8 Å². The number of nitrogens with one attached hydrogen (secondary N) is 2. The Hall–Kier alpha value is -1.14. The number of amides is 2. The highest BCUT2D eigenvalue weighted by atomic mass is 16.3. The molecule has 4 N–H and O–H groups in total.